The molecule has 2 N–H and O–H groups in total. The minimum Gasteiger partial charge on any atom is -0.370 e. The normalized spacial score (nSPS) is 18.5. The maximum Gasteiger partial charge on any atom is 0.239 e. The Hall–Kier alpha value is 1.83. The number of halogens is 5. The number of carbonyl (C=O) groups is 1. The second-order valence-corrected chi connectivity index (χ2v) is 12.0. The average molecular weight is 526 g/mol. The Labute approximate surface area is 124 Å². The average Bonchev–Trinajstić information content (AvgIpc) is 2.02. The molecule has 2 atom stereocenters. The second-order valence-electron chi connectivity index (χ2n) is 2.75. The number of rotatable bonds is 3. The topological polar surface area (TPSA) is 49.3 Å². The number of aliphatic hydroxyl groups is 1. The lowest BCUT2D eigenvalue weighted by Gasteiger charge is -2.25. The quantitative estimate of drug-likeness (QED) is 0.440. The number of hydrogen-bond acceptors (Lipinski definition) is 2. The minimum absolute atomic E-state index is 0.315. The van der Waals surface area contributed by atoms with Crippen LogP contribution in [-0.4, -0.2) is 29.0 Å². The third-order valence-electron chi connectivity index (χ3n) is 1.30. The van der Waals surface area contributed by atoms with Gasteiger partial charge in [-0.2, -0.15) is 0 Å². The van der Waals surface area contributed by atoms with Gasteiger partial charge in [-0.05, 0) is 6.92 Å². The van der Waals surface area contributed by atoms with E-state index in [1.54, 1.807) is 6.92 Å². The Bertz CT molecular complexity index is 215. The molecule has 3 nitrogen and oxygen atoms in total. The zero-order valence-electron chi connectivity index (χ0n) is 7.03. The van der Waals surface area contributed by atoms with Crippen molar-refractivity contribution in [2.75, 3.05) is 5.33 Å². The van der Waals surface area contributed by atoms with Crippen LogP contribution >= 0.6 is 79.6 Å². The first-order chi connectivity index (χ1) is 6.11. The Balaban J connectivity index is 4.35. The van der Waals surface area contributed by atoms with Crippen molar-refractivity contribution in [1.29, 1.82) is 0 Å². The molecule has 0 unspecified atom stereocenters. The lowest BCUT2D eigenvalue weighted by Crippen LogP contribution is -2.50. The highest BCUT2D eigenvalue weighted by molar-refractivity contribution is 9.39. The number of amides is 1. The molecule has 84 valence electrons. The van der Waals surface area contributed by atoms with E-state index >= 15 is 0 Å². The lowest BCUT2D eigenvalue weighted by atomic mass is 10.2. The van der Waals surface area contributed by atoms with Crippen molar-refractivity contribution in [3.63, 3.8) is 0 Å². The standard InChI is InChI=1S/C6H8Br5NO2/c1-5(8,2-7)3(13)12-4(14)6(9,10)11/h4,14H,2H2,1H3,(H,12,13)/t4-,5+/m1/s1. The van der Waals surface area contributed by atoms with Gasteiger partial charge in [-0.1, -0.05) is 79.6 Å². The summed E-state index contributed by atoms with van der Waals surface area (Å²) in [6, 6.07) is 0. The van der Waals surface area contributed by atoms with Crippen molar-refractivity contribution in [3.05, 3.63) is 0 Å². The van der Waals surface area contributed by atoms with Gasteiger partial charge in [0.1, 0.15) is 4.32 Å². The predicted octanol–water partition coefficient (Wildman–Crippen LogP) is 2.81. The molecule has 8 heteroatoms. The van der Waals surface area contributed by atoms with Gasteiger partial charge >= 0.3 is 0 Å². The highest BCUT2D eigenvalue weighted by Crippen LogP contribution is 2.36. The monoisotopic (exact) mass is 521 g/mol. The van der Waals surface area contributed by atoms with Crippen LogP contribution in [0.2, 0.25) is 0 Å². The SMILES string of the molecule is C[C@](Br)(CBr)C(=O)N[C@H](O)C(Br)(Br)Br. The first-order valence-electron chi connectivity index (χ1n) is 3.42. The number of alkyl halides is 5. The molecule has 0 bridgehead atoms. The highest BCUT2D eigenvalue weighted by atomic mass is 80.0. The molecule has 0 aromatic heterocycles. The Morgan fingerprint density at radius 1 is 1.43 bits per heavy atom. The zero-order valence-corrected chi connectivity index (χ0v) is 15.0. The molecule has 0 fully saturated rings. The van der Waals surface area contributed by atoms with Crippen LogP contribution in [0.25, 0.3) is 0 Å². The molecule has 0 aliphatic heterocycles. The van der Waals surface area contributed by atoms with Crippen molar-refractivity contribution < 1.29 is 9.90 Å². The van der Waals surface area contributed by atoms with Crippen LogP contribution in [-0.2, 0) is 4.79 Å². The highest BCUT2D eigenvalue weighted by Gasteiger charge is 2.35. The molecule has 0 aliphatic rings. The van der Waals surface area contributed by atoms with Crippen LogP contribution in [0.5, 0.6) is 0 Å². The molecule has 0 aromatic carbocycles. The number of aliphatic hydroxyl groups excluding tert-OH is 1. The first-order valence-corrected chi connectivity index (χ1v) is 7.71. The van der Waals surface area contributed by atoms with Crippen LogP contribution in [0.15, 0.2) is 0 Å². The molecule has 1 amide bonds. The van der Waals surface area contributed by atoms with Gasteiger partial charge in [0.25, 0.3) is 0 Å². The van der Waals surface area contributed by atoms with Gasteiger partial charge in [-0.15, -0.1) is 0 Å². The van der Waals surface area contributed by atoms with Gasteiger partial charge in [-0.3, -0.25) is 4.79 Å². The van der Waals surface area contributed by atoms with E-state index < -0.39 is 12.7 Å². The summed E-state index contributed by atoms with van der Waals surface area (Å²) in [5, 5.41) is 12.4. The summed E-state index contributed by atoms with van der Waals surface area (Å²) in [7, 11) is 0. The van der Waals surface area contributed by atoms with Crippen LogP contribution in [0, 0.1) is 0 Å². The van der Waals surface area contributed by atoms with Gasteiger partial charge in [-0.25, -0.2) is 0 Å². The van der Waals surface area contributed by atoms with Crippen LogP contribution in [0.3, 0.4) is 0 Å². The second kappa shape index (κ2) is 5.95. The third-order valence-corrected chi connectivity index (χ3v) is 5.12. The van der Waals surface area contributed by atoms with Gasteiger partial charge in [0, 0.05) is 5.33 Å². The van der Waals surface area contributed by atoms with Crippen LogP contribution in [0.1, 0.15) is 6.92 Å². The fraction of sp³-hybridized carbons (Fsp3) is 0.833. The van der Waals surface area contributed by atoms with E-state index in [1.165, 1.54) is 0 Å². The summed E-state index contributed by atoms with van der Waals surface area (Å²) in [6.07, 6.45) is -1.09. The van der Waals surface area contributed by atoms with Crippen LogP contribution in [0.4, 0.5) is 0 Å². The van der Waals surface area contributed by atoms with E-state index in [1.807, 2.05) is 0 Å². The molecular weight excluding hydrogens is 518 g/mol. The Morgan fingerprint density at radius 2 is 1.86 bits per heavy atom. The van der Waals surface area contributed by atoms with E-state index in [9.17, 15) is 9.90 Å². The van der Waals surface area contributed by atoms with Crippen molar-refractivity contribution >= 4 is 85.6 Å². The Kier molecular flexibility index (Phi) is 6.73. The summed E-state index contributed by atoms with van der Waals surface area (Å²) in [4.78, 5) is 11.5. The molecular formula is C6H8Br5NO2. The maximum atomic E-state index is 11.5. The maximum absolute atomic E-state index is 11.5. The van der Waals surface area contributed by atoms with E-state index in [-0.39, 0.29) is 5.91 Å². The van der Waals surface area contributed by atoms with Gasteiger partial charge < -0.3 is 10.4 Å². The van der Waals surface area contributed by atoms with Crippen molar-refractivity contribution in [2.45, 2.75) is 19.6 Å². The molecule has 0 aliphatic carbocycles. The van der Waals surface area contributed by atoms with E-state index in [0.717, 1.165) is 0 Å². The molecule has 14 heavy (non-hydrogen) atoms. The lowest BCUT2D eigenvalue weighted by molar-refractivity contribution is -0.125. The largest absolute Gasteiger partial charge is 0.370 e. The van der Waals surface area contributed by atoms with Gasteiger partial charge in [0.2, 0.25) is 5.91 Å². The van der Waals surface area contributed by atoms with Crippen molar-refractivity contribution in [2.24, 2.45) is 0 Å². The fourth-order valence-electron chi connectivity index (χ4n) is 0.417. The molecule has 0 spiro atoms. The van der Waals surface area contributed by atoms with Gasteiger partial charge in [0.15, 0.2) is 8.37 Å². The molecule has 0 heterocycles. The predicted molar refractivity (Wildman–Crippen MR) is 74.8 cm³/mol. The summed E-state index contributed by atoms with van der Waals surface area (Å²) >= 11 is 15.7. The molecule has 0 aromatic rings. The van der Waals surface area contributed by atoms with E-state index in [4.69, 9.17) is 0 Å². The smallest absolute Gasteiger partial charge is 0.239 e. The molecule has 0 saturated carbocycles. The van der Waals surface area contributed by atoms with E-state index in [2.05, 4.69) is 85.0 Å². The molecule has 0 saturated heterocycles. The molecule has 0 rings (SSSR count). The fourth-order valence-corrected chi connectivity index (χ4v) is 1.13. The van der Waals surface area contributed by atoms with Crippen molar-refractivity contribution in [3.8, 4) is 0 Å². The summed E-state index contributed by atoms with van der Waals surface area (Å²) < 4.78 is -1.66. The Morgan fingerprint density at radius 3 is 2.14 bits per heavy atom. The van der Waals surface area contributed by atoms with Crippen LogP contribution < -0.4 is 5.32 Å². The summed E-state index contributed by atoms with van der Waals surface area (Å²) in [6.45, 7) is 1.70. The van der Waals surface area contributed by atoms with Crippen molar-refractivity contribution in [1.82, 2.24) is 5.32 Å². The third kappa shape index (κ3) is 5.25. The number of hydrogen-bond donors (Lipinski definition) is 2. The zero-order chi connectivity index (χ0) is 11.6. The number of nitrogens with one attached hydrogen (secondary N) is 1. The molecule has 0 radical (unpaired) electrons. The minimum atomic E-state index is -1.09. The number of carbonyl (C=O) groups excluding carboxylic acids is 1. The summed E-state index contributed by atoms with van der Waals surface area (Å²) in [5.41, 5.74) is 0. The van der Waals surface area contributed by atoms with E-state index in [0.29, 0.717) is 5.33 Å². The van der Waals surface area contributed by atoms with Gasteiger partial charge in [0.05, 0.1) is 0 Å². The first kappa shape index (κ1) is 15.8. The summed E-state index contributed by atoms with van der Waals surface area (Å²) in [5.74, 6) is -0.315.